The molecule has 2 amide bonds. The van der Waals surface area contributed by atoms with Crippen LogP contribution in [0, 0.1) is 0 Å². The van der Waals surface area contributed by atoms with E-state index < -0.39 is 39.9 Å². The molecule has 10 heteroatoms. The number of rotatable bonds is 12. The van der Waals surface area contributed by atoms with Crippen molar-refractivity contribution in [2.24, 2.45) is 0 Å². The molecule has 0 bridgehead atoms. The van der Waals surface area contributed by atoms with Gasteiger partial charge in [-0.3, -0.25) is 14.4 Å². The first-order chi connectivity index (χ1) is 19.8. The van der Waals surface area contributed by atoms with Crippen molar-refractivity contribution < 1.29 is 27.5 Å². The van der Waals surface area contributed by atoms with Crippen LogP contribution in [-0.4, -0.2) is 63.4 Å². The number of carbonyl (C=O) groups excluding carboxylic acids is 3. The highest BCUT2D eigenvalue weighted by molar-refractivity contribution is 7.88. The first-order valence-electron chi connectivity index (χ1n) is 13.6. The van der Waals surface area contributed by atoms with E-state index in [1.54, 1.807) is 30.3 Å². The minimum Gasteiger partial charge on any atom is -0.469 e. The summed E-state index contributed by atoms with van der Waals surface area (Å²) in [6, 6.07) is 25.3. The Morgan fingerprint density at radius 2 is 1.46 bits per heavy atom. The van der Waals surface area contributed by atoms with Crippen molar-refractivity contribution in [3.05, 3.63) is 108 Å². The Labute approximate surface area is 241 Å². The topological polar surface area (TPSA) is 122 Å². The van der Waals surface area contributed by atoms with Crippen LogP contribution in [-0.2, 0) is 34.9 Å². The van der Waals surface area contributed by atoms with E-state index in [2.05, 4.69) is 14.8 Å². The Morgan fingerprint density at radius 3 is 2.02 bits per heavy atom. The van der Waals surface area contributed by atoms with Gasteiger partial charge in [0.15, 0.2) is 0 Å². The van der Waals surface area contributed by atoms with E-state index in [-0.39, 0.29) is 24.6 Å². The molecule has 1 aliphatic rings. The van der Waals surface area contributed by atoms with Gasteiger partial charge in [-0.2, -0.15) is 0 Å². The lowest BCUT2D eigenvalue weighted by Gasteiger charge is -2.33. The number of amides is 2. The predicted molar refractivity (Wildman–Crippen MR) is 155 cm³/mol. The molecular weight excluding hydrogens is 542 g/mol. The Morgan fingerprint density at radius 1 is 0.902 bits per heavy atom. The van der Waals surface area contributed by atoms with Gasteiger partial charge in [0.05, 0.1) is 19.3 Å². The number of hydrogen-bond donors (Lipinski definition) is 2. The second-order valence-corrected chi connectivity index (χ2v) is 11.7. The molecule has 3 aromatic carbocycles. The lowest BCUT2D eigenvalue weighted by atomic mass is 9.84. The minimum absolute atomic E-state index is 0.00883. The molecule has 216 valence electrons. The van der Waals surface area contributed by atoms with Gasteiger partial charge in [-0.25, -0.2) is 13.1 Å². The van der Waals surface area contributed by atoms with Gasteiger partial charge in [0.1, 0.15) is 12.1 Å². The molecule has 1 fully saturated rings. The van der Waals surface area contributed by atoms with Gasteiger partial charge in [0, 0.05) is 19.0 Å². The van der Waals surface area contributed by atoms with E-state index in [0.717, 1.165) is 11.1 Å². The average Bonchev–Trinajstić information content (AvgIpc) is 3.48. The lowest BCUT2D eigenvalue weighted by Crippen LogP contribution is -2.55. The van der Waals surface area contributed by atoms with Gasteiger partial charge in [-0.15, -0.1) is 0 Å². The van der Waals surface area contributed by atoms with Crippen molar-refractivity contribution in [1.82, 2.24) is 14.9 Å². The third-order valence-corrected chi connectivity index (χ3v) is 8.44. The van der Waals surface area contributed by atoms with E-state index in [4.69, 9.17) is 0 Å². The van der Waals surface area contributed by atoms with Crippen molar-refractivity contribution >= 4 is 27.8 Å². The van der Waals surface area contributed by atoms with Crippen LogP contribution < -0.4 is 10.0 Å². The predicted octanol–water partition coefficient (Wildman–Crippen LogP) is 2.98. The van der Waals surface area contributed by atoms with Crippen LogP contribution in [0.4, 0.5) is 0 Å². The summed E-state index contributed by atoms with van der Waals surface area (Å²) in [5.41, 5.74) is 2.11. The summed E-state index contributed by atoms with van der Waals surface area (Å²) in [5, 5.41) is 2.71. The SMILES string of the molecule is COC(=O)CCNC(=O)[C@@H]1CCCN1C(=O)[C@H](NS(=O)(=O)Cc1ccccc1)C(c1ccccc1)c1ccccc1. The zero-order chi connectivity index (χ0) is 29.2. The van der Waals surface area contributed by atoms with Gasteiger partial charge in [-0.05, 0) is 29.5 Å². The molecule has 1 saturated heterocycles. The van der Waals surface area contributed by atoms with Gasteiger partial charge in [-0.1, -0.05) is 91.0 Å². The summed E-state index contributed by atoms with van der Waals surface area (Å²) in [6.45, 7) is 0.384. The molecule has 41 heavy (non-hydrogen) atoms. The summed E-state index contributed by atoms with van der Waals surface area (Å²) in [4.78, 5) is 40.4. The summed E-state index contributed by atoms with van der Waals surface area (Å²) in [7, 11) is -2.71. The second-order valence-electron chi connectivity index (χ2n) is 9.95. The normalized spacial score (nSPS) is 15.9. The molecule has 0 aliphatic carbocycles. The summed E-state index contributed by atoms with van der Waals surface area (Å²) in [6.07, 6.45) is 1.03. The van der Waals surface area contributed by atoms with Gasteiger partial charge in [0.2, 0.25) is 21.8 Å². The van der Waals surface area contributed by atoms with Gasteiger partial charge < -0.3 is 15.0 Å². The number of likely N-dealkylation sites (tertiary alicyclic amines) is 1. The highest BCUT2D eigenvalue weighted by atomic mass is 32.2. The summed E-state index contributed by atoms with van der Waals surface area (Å²) in [5.74, 6) is -2.28. The maximum absolute atomic E-state index is 14.4. The Bertz CT molecular complexity index is 1380. The lowest BCUT2D eigenvalue weighted by molar-refractivity contribution is -0.141. The Hall–Kier alpha value is -4.02. The fraction of sp³-hybridized carbons (Fsp3) is 0.323. The molecule has 1 heterocycles. The second kappa shape index (κ2) is 14.0. The zero-order valence-electron chi connectivity index (χ0n) is 22.9. The van der Waals surface area contributed by atoms with Crippen LogP contribution in [0.1, 0.15) is 41.9 Å². The molecule has 2 N–H and O–H groups in total. The molecule has 0 radical (unpaired) electrons. The van der Waals surface area contributed by atoms with Crippen LogP contribution >= 0.6 is 0 Å². The van der Waals surface area contributed by atoms with E-state index in [1.165, 1.54) is 12.0 Å². The Kier molecular flexibility index (Phi) is 10.3. The molecule has 0 unspecified atom stereocenters. The number of carbonyl (C=O) groups is 3. The molecule has 3 aromatic rings. The molecule has 4 rings (SSSR count). The number of benzene rings is 3. The quantitative estimate of drug-likeness (QED) is 0.319. The number of sulfonamides is 1. The van der Waals surface area contributed by atoms with Gasteiger partial charge in [0.25, 0.3) is 0 Å². The molecule has 0 spiro atoms. The third kappa shape index (κ3) is 8.02. The summed E-state index contributed by atoms with van der Waals surface area (Å²) < 4.78 is 34.4. The van der Waals surface area contributed by atoms with Crippen LogP contribution in [0.5, 0.6) is 0 Å². The number of methoxy groups -OCH3 is 1. The van der Waals surface area contributed by atoms with E-state index >= 15 is 0 Å². The van der Waals surface area contributed by atoms with Crippen molar-refractivity contribution in [3.63, 3.8) is 0 Å². The number of esters is 1. The number of ether oxygens (including phenoxy) is 1. The fourth-order valence-electron chi connectivity index (χ4n) is 5.18. The van der Waals surface area contributed by atoms with Crippen LogP contribution in [0.3, 0.4) is 0 Å². The van der Waals surface area contributed by atoms with Crippen molar-refractivity contribution in [2.45, 2.75) is 43.0 Å². The monoisotopic (exact) mass is 577 g/mol. The van der Waals surface area contributed by atoms with Crippen molar-refractivity contribution in [3.8, 4) is 0 Å². The van der Waals surface area contributed by atoms with Crippen LogP contribution in [0.15, 0.2) is 91.0 Å². The fourth-order valence-corrected chi connectivity index (χ4v) is 6.52. The highest BCUT2D eigenvalue weighted by Crippen LogP contribution is 2.31. The number of nitrogens with one attached hydrogen (secondary N) is 2. The number of hydrogen-bond acceptors (Lipinski definition) is 6. The maximum Gasteiger partial charge on any atom is 0.307 e. The number of nitrogens with zero attached hydrogens (tertiary/aromatic N) is 1. The smallest absolute Gasteiger partial charge is 0.307 e. The maximum atomic E-state index is 14.4. The molecule has 2 atom stereocenters. The van der Waals surface area contributed by atoms with Crippen molar-refractivity contribution in [1.29, 1.82) is 0 Å². The zero-order valence-corrected chi connectivity index (χ0v) is 23.8. The van der Waals surface area contributed by atoms with Gasteiger partial charge >= 0.3 is 5.97 Å². The van der Waals surface area contributed by atoms with Crippen LogP contribution in [0.25, 0.3) is 0 Å². The minimum atomic E-state index is -3.98. The highest BCUT2D eigenvalue weighted by Gasteiger charge is 2.42. The molecular formula is C31H35N3O6S. The third-order valence-electron chi connectivity index (χ3n) is 7.12. The van der Waals surface area contributed by atoms with Crippen molar-refractivity contribution in [2.75, 3.05) is 20.2 Å². The first-order valence-corrected chi connectivity index (χ1v) is 15.2. The largest absolute Gasteiger partial charge is 0.469 e. The van der Waals surface area contributed by atoms with Crippen LogP contribution in [0.2, 0.25) is 0 Å². The first kappa shape index (κ1) is 30.0. The standard InChI is InChI=1S/C31H35N3O6S/c1-40-27(35)19-20-32-30(36)26-18-11-21-34(26)31(37)29(33-41(38,39)22-23-12-5-2-6-13-23)28(24-14-7-3-8-15-24)25-16-9-4-10-17-25/h2-10,12-17,26,28-29,33H,11,18-22H2,1H3,(H,32,36)/t26-,29+/m0/s1. The Balaban J connectivity index is 1.68. The van der Waals surface area contributed by atoms with E-state index in [9.17, 15) is 22.8 Å². The van der Waals surface area contributed by atoms with E-state index in [1.807, 2.05) is 60.7 Å². The molecule has 9 nitrogen and oxygen atoms in total. The molecule has 0 saturated carbocycles. The summed E-state index contributed by atoms with van der Waals surface area (Å²) >= 11 is 0. The average molecular weight is 578 g/mol. The molecule has 0 aromatic heterocycles. The van der Waals surface area contributed by atoms with E-state index in [0.29, 0.717) is 24.9 Å². The molecule has 1 aliphatic heterocycles.